The molecule has 2 rings (SSSR count). The summed E-state index contributed by atoms with van der Waals surface area (Å²) in [5.41, 5.74) is 6.02. The van der Waals surface area contributed by atoms with Gasteiger partial charge in [-0.3, -0.25) is 0 Å². The Bertz CT molecular complexity index is 574. The van der Waals surface area contributed by atoms with Crippen molar-refractivity contribution in [2.45, 2.75) is 37.6 Å². The highest BCUT2D eigenvalue weighted by Crippen LogP contribution is 2.33. The van der Waals surface area contributed by atoms with E-state index in [1.165, 1.54) is 12.1 Å². The fraction of sp³-hybridized carbons (Fsp3) is 0.538. The predicted molar refractivity (Wildman–Crippen MR) is 77.5 cm³/mol. The Labute approximate surface area is 119 Å². The maximum atomic E-state index is 12.4. The normalized spacial score (nSPS) is 27.6. The van der Waals surface area contributed by atoms with Gasteiger partial charge < -0.3 is 5.73 Å². The number of nitrogens with one attached hydrogen (secondary N) is 1. The molecular weight excluding hydrogens is 284 g/mol. The number of halogens is 1. The molecule has 0 aliphatic heterocycles. The minimum Gasteiger partial charge on any atom is -0.399 e. The van der Waals surface area contributed by atoms with E-state index in [1.54, 1.807) is 6.07 Å². The van der Waals surface area contributed by atoms with Crippen LogP contribution in [0.2, 0.25) is 5.02 Å². The van der Waals surface area contributed by atoms with Gasteiger partial charge in [-0.25, -0.2) is 13.1 Å². The van der Waals surface area contributed by atoms with Crippen LogP contribution in [0.5, 0.6) is 0 Å². The Balaban J connectivity index is 2.26. The highest BCUT2D eigenvalue weighted by molar-refractivity contribution is 7.89. The largest absolute Gasteiger partial charge is 0.399 e. The first kappa shape index (κ1) is 14.6. The van der Waals surface area contributed by atoms with E-state index in [-0.39, 0.29) is 16.0 Å². The quantitative estimate of drug-likeness (QED) is 0.843. The lowest BCUT2D eigenvalue weighted by molar-refractivity contribution is 0.402. The van der Waals surface area contributed by atoms with Gasteiger partial charge in [0.05, 0.1) is 5.02 Å². The summed E-state index contributed by atoms with van der Waals surface area (Å²) < 4.78 is 27.5. The number of benzene rings is 1. The van der Waals surface area contributed by atoms with Crippen LogP contribution in [-0.2, 0) is 10.0 Å². The molecule has 1 aromatic rings. The van der Waals surface area contributed by atoms with E-state index in [9.17, 15) is 8.42 Å². The summed E-state index contributed by atoms with van der Waals surface area (Å²) in [5, 5.41) is 0.195. The van der Waals surface area contributed by atoms with Gasteiger partial charge in [-0.1, -0.05) is 25.4 Å². The lowest BCUT2D eigenvalue weighted by Gasteiger charge is -2.20. The summed E-state index contributed by atoms with van der Waals surface area (Å²) in [6.45, 7) is 4.22. The Hall–Kier alpha value is -0.780. The smallest absolute Gasteiger partial charge is 0.242 e. The Morgan fingerprint density at radius 1 is 1.32 bits per heavy atom. The van der Waals surface area contributed by atoms with Crippen LogP contribution in [0, 0.1) is 11.8 Å². The molecule has 3 atom stereocenters. The molecular formula is C13H19ClN2O2S. The molecule has 106 valence electrons. The van der Waals surface area contributed by atoms with Crippen molar-refractivity contribution in [3.05, 3.63) is 23.2 Å². The van der Waals surface area contributed by atoms with Gasteiger partial charge in [-0.05, 0) is 42.9 Å². The molecule has 0 heterocycles. The van der Waals surface area contributed by atoms with Crippen molar-refractivity contribution in [1.82, 2.24) is 4.72 Å². The molecule has 1 saturated carbocycles. The van der Waals surface area contributed by atoms with Crippen LogP contribution in [0.15, 0.2) is 23.1 Å². The number of sulfonamides is 1. The Morgan fingerprint density at radius 3 is 2.58 bits per heavy atom. The second-order valence-corrected chi connectivity index (χ2v) is 7.42. The summed E-state index contributed by atoms with van der Waals surface area (Å²) in [4.78, 5) is 0.0564. The highest BCUT2D eigenvalue weighted by Gasteiger charge is 2.33. The predicted octanol–water partition coefficient (Wildman–Crippen LogP) is 2.64. The van der Waals surface area contributed by atoms with Crippen LogP contribution in [0.4, 0.5) is 5.69 Å². The van der Waals surface area contributed by atoms with Crippen LogP contribution in [0.3, 0.4) is 0 Å². The van der Waals surface area contributed by atoms with Crippen molar-refractivity contribution in [2.75, 3.05) is 5.73 Å². The average Bonchev–Trinajstić information content (AvgIpc) is 2.63. The van der Waals surface area contributed by atoms with Crippen LogP contribution in [0.25, 0.3) is 0 Å². The first-order valence-electron chi connectivity index (χ1n) is 6.38. The number of nitrogens with two attached hydrogens (primary N) is 1. The molecule has 1 aliphatic rings. The van der Waals surface area contributed by atoms with Crippen LogP contribution >= 0.6 is 11.6 Å². The molecule has 3 N–H and O–H groups in total. The third-order valence-electron chi connectivity index (χ3n) is 4.02. The molecule has 19 heavy (non-hydrogen) atoms. The Morgan fingerprint density at radius 2 is 2.00 bits per heavy atom. The fourth-order valence-corrected chi connectivity index (χ4v) is 4.42. The van der Waals surface area contributed by atoms with E-state index in [4.69, 9.17) is 17.3 Å². The summed E-state index contributed by atoms with van der Waals surface area (Å²) in [7, 11) is -3.62. The zero-order valence-corrected chi connectivity index (χ0v) is 12.6. The van der Waals surface area contributed by atoms with Crippen molar-refractivity contribution >= 4 is 27.3 Å². The van der Waals surface area contributed by atoms with Crippen LogP contribution < -0.4 is 10.5 Å². The molecule has 0 spiro atoms. The summed E-state index contributed by atoms with van der Waals surface area (Å²) in [6, 6.07) is 4.46. The van der Waals surface area contributed by atoms with E-state index in [2.05, 4.69) is 18.6 Å². The van der Waals surface area contributed by atoms with Gasteiger partial charge >= 0.3 is 0 Å². The third kappa shape index (κ3) is 3.04. The van der Waals surface area contributed by atoms with Gasteiger partial charge in [0.1, 0.15) is 4.90 Å². The zero-order chi connectivity index (χ0) is 14.2. The van der Waals surface area contributed by atoms with Crippen molar-refractivity contribution < 1.29 is 8.42 Å². The second-order valence-electron chi connectivity index (χ2n) is 5.33. The average molecular weight is 303 g/mol. The summed E-state index contributed by atoms with van der Waals surface area (Å²) >= 11 is 5.96. The van der Waals surface area contributed by atoms with Crippen molar-refractivity contribution in [3.8, 4) is 0 Å². The number of rotatable bonds is 3. The van der Waals surface area contributed by atoms with Crippen molar-refractivity contribution in [2.24, 2.45) is 11.8 Å². The van der Waals surface area contributed by atoms with E-state index in [1.807, 2.05) is 0 Å². The third-order valence-corrected chi connectivity index (χ3v) is 5.99. The molecule has 0 aromatic heterocycles. The molecule has 0 bridgehead atoms. The Kier molecular flexibility index (Phi) is 4.08. The zero-order valence-electron chi connectivity index (χ0n) is 11.1. The maximum Gasteiger partial charge on any atom is 0.242 e. The van der Waals surface area contributed by atoms with Crippen LogP contribution in [-0.4, -0.2) is 14.5 Å². The first-order valence-corrected chi connectivity index (χ1v) is 8.24. The molecule has 3 unspecified atom stereocenters. The monoisotopic (exact) mass is 302 g/mol. The van der Waals surface area contributed by atoms with E-state index >= 15 is 0 Å². The molecule has 0 amide bonds. The van der Waals surface area contributed by atoms with Gasteiger partial charge in [0, 0.05) is 11.7 Å². The molecule has 0 radical (unpaired) electrons. The molecule has 1 aliphatic carbocycles. The minimum absolute atomic E-state index is 0.0301. The lowest BCUT2D eigenvalue weighted by Crippen LogP contribution is -2.37. The van der Waals surface area contributed by atoms with Crippen molar-refractivity contribution in [3.63, 3.8) is 0 Å². The fourth-order valence-electron chi connectivity index (χ4n) is 2.52. The van der Waals surface area contributed by atoms with E-state index < -0.39 is 10.0 Å². The van der Waals surface area contributed by atoms with E-state index in [0.29, 0.717) is 17.5 Å². The van der Waals surface area contributed by atoms with Gasteiger partial charge in [0.2, 0.25) is 10.0 Å². The number of hydrogen-bond donors (Lipinski definition) is 2. The molecule has 1 fully saturated rings. The van der Waals surface area contributed by atoms with Crippen LogP contribution in [0.1, 0.15) is 26.7 Å². The molecule has 1 aromatic carbocycles. The topological polar surface area (TPSA) is 72.2 Å². The van der Waals surface area contributed by atoms with Gasteiger partial charge in [-0.15, -0.1) is 0 Å². The lowest BCUT2D eigenvalue weighted by atomic mass is 9.98. The molecule has 4 nitrogen and oxygen atoms in total. The number of anilines is 1. The number of nitrogen functional groups attached to an aromatic ring is 1. The van der Waals surface area contributed by atoms with Gasteiger partial charge in [-0.2, -0.15) is 0 Å². The SMILES string of the molecule is CC1CCC(NS(=O)(=O)c2cc(N)ccc2Cl)C1C. The summed E-state index contributed by atoms with van der Waals surface area (Å²) in [6.07, 6.45) is 1.90. The maximum absolute atomic E-state index is 12.4. The highest BCUT2D eigenvalue weighted by atomic mass is 35.5. The summed E-state index contributed by atoms with van der Waals surface area (Å²) in [5.74, 6) is 0.860. The second kappa shape index (κ2) is 5.31. The standard InChI is InChI=1S/C13H19ClN2O2S/c1-8-3-6-12(9(8)2)16-19(17,18)13-7-10(15)4-5-11(13)14/h4-5,7-9,12,16H,3,6,15H2,1-2H3. The van der Waals surface area contributed by atoms with Gasteiger partial charge in [0.15, 0.2) is 0 Å². The van der Waals surface area contributed by atoms with E-state index in [0.717, 1.165) is 12.8 Å². The minimum atomic E-state index is -3.62. The molecule has 0 saturated heterocycles. The first-order chi connectivity index (χ1) is 8.81. The van der Waals surface area contributed by atoms with Crippen molar-refractivity contribution in [1.29, 1.82) is 0 Å². The van der Waals surface area contributed by atoms with Gasteiger partial charge in [0.25, 0.3) is 0 Å². The molecule has 6 heteroatoms. The number of hydrogen-bond acceptors (Lipinski definition) is 3.